The van der Waals surface area contributed by atoms with E-state index in [-0.39, 0.29) is 10.8 Å². The highest BCUT2D eigenvalue weighted by Gasteiger charge is 2.61. The number of thiocarbonyl (C=S) groups is 1. The second-order valence-electron chi connectivity index (χ2n) is 8.74. The van der Waals surface area contributed by atoms with Crippen molar-refractivity contribution in [3.63, 3.8) is 0 Å². The molecule has 0 amide bonds. The maximum Gasteiger partial charge on any atom is 0.127 e. The molecule has 28 heavy (non-hydrogen) atoms. The van der Waals surface area contributed by atoms with Gasteiger partial charge >= 0.3 is 0 Å². The average molecular weight is 389 g/mol. The van der Waals surface area contributed by atoms with Crippen LogP contribution in [0.1, 0.15) is 44.7 Å². The molecule has 1 nitrogen and oxygen atoms in total. The van der Waals surface area contributed by atoms with E-state index in [1.165, 1.54) is 24.0 Å². The lowest BCUT2D eigenvalue weighted by atomic mass is 9.71. The summed E-state index contributed by atoms with van der Waals surface area (Å²) in [5.41, 5.74) is 4.05. The van der Waals surface area contributed by atoms with Crippen LogP contribution in [0.4, 0.5) is 0 Å². The Bertz CT molecular complexity index is 938. The van der Waals surface area contributed by atoms with Crippen molar-refractivity contribution in [3.8, 4) is 5.75 Å². The van der Waals surface area contributed by atoms with Crippen LogP contribution in [0.2, 0.25) is 0 Å². The van der Waals surface area contributed by atoms with Gasteiger partial charge in [-0.15, -0.1) is 0 Å². The van der Waals surface area contributed by atoms with Crippen molar-refractivity contribution in [1.82, 2.24) is 0 Å². The number of para-hydroxylation sites is 1. The quantitative estimate of drug-likeness (QED) is 0.403. The molecule has 0 heterocycles. The summed E-state index contributed by atoms with van der Waals surface area (Å²) in [5, 5.41) is 0. The monoisotopic (exact) mass is 388 g/mol. The van der Waals surface area contributed by atoms with Crippen molar-refractivity contribution in [3.05, 3.63) is 77.4 Å². The Labute approximate surface area is 174 Å². The second-order valence-corrected chi connectivity index (χ2v) is 9.14. The van der Waals surface area contributed by atoms with Crippen molar-refractivity contribution in [2.75, 3.05) is 6.61 Å². The van der Waals surface area contributed by atoms with Gasteiger partial charge in [0.25, 0.3) is 0 Å². The molecule has 2 saturated carbocycles. The normalized spacial score (nSPS) is 27.0. The summed E-state index contributed by atoms with van der Waals surface area (Å²) < 4.78 is 6.09. The van der Waals surface area contributed by atoms with E-state index in [0.29, 0.717) is 12.5 Å². The molecule has 144 valence electrons. The van der Waals surface area contributed by atoms with E-state index >= 15 is 0 Å². The van der Waals surface area contributed by atoms with Gasteiger partial charge in [0.2, 0.25) is 0 Å². The van der Waals surface area contributed by atoms with Crippen LogP contribution >= 0.6 is 12.2 Å². The van der Waals surface area contributed by atoms with Crippen molar-refractivity contribution < 1.29 is 4.74 Å². The number of rotatable bonds is 5. The Balaban J connectivity index is 1.53. The van der Waals surface area contributed by atoms with Crippen LogP contribution in [0.3, 0.4) is 0 Å². The summed E-state index contributed by atoms with van der Waals surface area (Å²) in [6, 6.07) is 18.6. The summed E-state index contributed by atoms with van der Waals surface area (Å²) in [6.45, 7) is 7.67. The van der Waals surface area contributed by atoms with Gasteiger partial charge in [0.1, 0.15) is 12.4 Å². The molecular weight excluding hydrogens is 360 g/mol. The molecule has 2 aliphatic carbocycles. The van der Waals surface area contributed by atoms with Gasteiger partial charge in [0.05, 0.1) is 0 Å². The summed E-state index contributed by atoms with van der Waals surface area (Å²) in [6.07, 6.45) is 8.89. The highest BCUT2D eigenvalue weighted by atomic mass is 32.1. The van der Waals surface area contributed by atoms with E-state index in [1.807, 2.05) is 30.3 Å². The Kier molecular flexibility index (Phi) is 5.01. The number of benzene rings is 2. The molecule has 2 atom stereocenters. The lowest BCUT2D eigenvalue weighted by molar-refractivity contribution is 0.204. The van der Waals surface area contributed by atoms with Crippen molar-refractivity contribution in [1.29, 1.82) is 0 Å². The fourth-order valence-electron chi connectivity index (χ4n) is 4.88. The van der Waals surface area contributed by atoms with Crippen LogP contribution in [-0.4, -0.2) is 11.5 Å². The second kappa shape index (κ2) is 7.33. The van der Waals surface area contributed by atoms with Crippen LogP contribution in [0, 0.1) is 16.7 Å². The third-order valence-corrected chi connectivity index (χ3v) is 7.73. The van der Waals surface area contributed by atoms with Gasteiger partial charge in [-0.25, -0.2) is 0 Å². The van der Waals surface area contributed by atoms with E-state index in [4.69, 9.17) is 17.0 Å². The molecule has 0 spiro atoms. The summed E-state index contributed by atoms with van der Waals surface area (Å²) in [7, 11) is 0. The Morgan fingerprint density at radius 1 is 1.04 bits per heavy atom. The number of hydrogen-bond acceptors (Lipinski definition) is 2. The van der Waals surface area contributed by atoms with Crippen LogP contribution in [0.5, 0.6) is 5.75 Å². The van der Waals surface area contributed by atoms with Gasteiger partial charge in [-0.05, 0) is 53.5 Å². The van der Waals surface area contributed by atoms with Gasteiger partial charge < -0.3 is 4.74 Å². The largest absolute Gasteiger partial charge is 0.489 e. The van der Waals surface area contributed by atoms with Crippen molar-refractivity contribution in [2.24, 2.45) is 16.7 Å². The van der Waals surface area contributed by atoms with E-state index in [1.54, 1.807) is 0 Å². The molecule has 0 aromatic heterocycles. The SMILES string of the molecule is CC12CCC(/C(=C\c3ccccc3OC/C=C/c3ccccc3)C1=S)C2(C)C. The molecule has 2 fully saturated rings. The predicted octanol–water partition coefficient (Wildman–Crippen LogP) is 6.99. The molecule has 0 saturated heterocycles. The molecule has 0 aliphatic heterocycles. The fraction of sp³-hybridized carbons (Fsp3) is 0.346. The maximum absolute atomic E-state index is 6.09. The van der Waals surface area contributed by atoms with E-state index in [9.17, 15) is 0 Å². The number of allylic oxidation sites excluding steroid dienone is 1. The number of ether oxygens (including phenoxy) is 1. The van der Waals surface area contributed by atoms with Crippen LogP contribution in [0.15, 0.2) is 66.2 Å². The number of fused-ring (bicyclic) bond motifs is 2. The molecule has 2 aliphatic rings. The molecule has 2 unspecified atom stereocenters. The zero-order valence-corrected chi connectivity index (χ0v) is 17.8. The molecule has 2 heteroatoms. The lowest BCUT2D eigenvalue weighted by Gasteiger charge is -2.33. The minimum atomic E-state index is 0.146. The molecule has 2 aromatic rings. The van der Waals surface area contributed by atoms with Crippen molar-refractivity contribution in [2.45, 2.75) is 33.6 Å². The predicted molar refractivity (Wildman–Crippen MR) is 123 cm³/mol. The summed E-state index contributed by atoms with van der Waals surface area (Å²) in [4.78, 5) is 1.16. The molecule has 2 aromatic carbocycles. The topological polar surface area (TPSA) is 9.23 Å². The maximum atomic E-state index is 6.09. The highest BCUT2D eigenvalue weighted by molar-refractivity contribution is 7.81. The van der Waals surface area contributed by atoms with Gasteiger partial charge in [0.15, 0.2) is 0 Å². The van der Waals surface area contributed by atoms with Gasteiger partial charge in [-0.2, -0.15) is 0 Å². The minimum absolute atomic E-state index is 0.146. The first-order valence-corrected chi connectivity index (χ1v) is 10.5. The molecule has 0 radical (unpaired) electrons. The van der Waals surface area contributed by atoms with Crippen molar-refractivity contribution >= 4 is 29.2 Å². The van der Waals surface area contributed by atoms with Gasteiger partial charge in [-0.3, -0.25) is 0 Å². The smallest absolute Gasteiger partial charge is 0.127 e. The van der Waals surface area contributed by atoms with E-state index < -0.39 is 0 Å². The average Bonchev–Trinajstić information content (AvgIpc) is 3.01. The van der Waals surface area contributed by atoms with E-state index in [2.05, 4.69) is 63.3 Å². The Morgan fingerprint density at radius 3 is 2.46 bits per heavy atom. The Hall–Kier alpha value is -2.19. The zero-order valence-electron chi connectivity index (χ0n) is 16.9. The first-order chi connectivity index (χ1) is 13.4. The highest BCUT2D eigenvalue weighted by Crippen LogP contribution is 2.66. The Morgan fingerprint density at radius 2 is 1.75 bits per heavy atom. The first kappa shape index (κ1) is 19.1. The summed E-state index contributed by atoms with van der Waals surface area (Å²) in [5.74, 6) is 1.47. The minimum Gasteiger partial charge on any atom is -0.489 e. The molecule has 2 bridgehead atoms. The standard InChI is InChI=1S/C26H28OS/c1-25(2)22-15-16-26(25,3)24(28)21(22)18-20-13-7-8-14-23(20)27-17-9-12-19-10-5-4-6-11-19/h4-14,18,22H,15-17H2,1-3H3/b12-9+,21-18+. The van der Waals surface area contributed by atoms with Crippen LogP contribution in [0.25, 0.3) is 12.2 Å². The van der Waals surface area contributed by atoms with Gasteiger partial charge in [-0.1, -0.05) is 87.6 Å². The van der Waals surface area contributed by atoms with E-state index in [0.717, 1.165) is 16.2 Å². The first-order valence-electron chi connectivity index (χ1n) is 10.1. The van der Waals surface area contributed by atoms with Crippen LogP contribution < -0.4 is 4.74 Å². The lowest BCUT2D eigenvalue weighted by Crippen LogP contribution is -2.31. The molecule has 4 rings (SSSR count). The molecular formula is C26H28OS. The van der Waals surface area contributed by atoms with Gasteiger partial charge in [0, 0.05) is 15.8 Å². The molecule has 0 N–H and O–H groups in total. The third kappa shape index (κ3) is 3.14. The third-order valence-electron chi connectivity index (χ3n) is 7.04. The fourth-order valence-corrected chi connectivity index (χ4v) is 5.45. The van der Waals surface area contributed by atoms with Crippen LogP contribution in [-0.2, 0) is 0 Å². The summed E-state index contributed by atoms with van der Waals surface area (Å²) >= 11 is 5.94. The zero-order chi connectivity index (χ0) is 19.8. The number of hydrogen-bond donors (Lipinski definition) is 0.